The van der Waals surface area contributed by atoms with Gasteiger partial charge in [-0.2, -0.15) is 0 Å². The number of rotatable bonds is 5. The van der Waals surface area contributed by atoms with Crippen LogP contribution in [0, 0.1) is 3.57 Å². The van der Waals surface area contributed by atoms with Gasteiger partial charge in [0, 0.05) is 27.1 Å². The van der Waals surface area contributed by atoms with Crippen molar-refractivity contribution in [3.63, 3.8) is 0 Å². The molecular weight excluding hydrogens is 423 g/mol. The molecule has 0 spiro atoms. The van der Waals surface area contributed by atoms with E-state index in [2.05, 4.69) is 49.2 Å². The van der Waals surface area contributed by atoms with Crippen LogP contribution in [-0.4, -0.2) is 24.4 Å². The van der Waals surface area contributed by atoms with E-state index in [0.717, 1.165) is 8.04 Å². The molecule has 0 saturated carbocycles. The van der Waals surface area contributed by atoms with Crippen molar-refractivity contribution in [3.05, 3.63) is 31.8 Å². The van der Waals surface area contributed by atoms with Gasteiger partial charge in [0.1, 0.15) is 0 Å². The Morgan fingerprint density at radius 2 is 2.05 bits per heavy atom. The second-order valence-electron chi connectivity index (χ2n) is 4.35. The summed E-state index contributed by atoms with van der Waals surface area (Å²) >= 11 is 5.49. The Bertz CT molecular complexity index is 478. The van der Waals surface area contributed by atoms with Gasteiger partial charge in [-0.3, -0.25) is 9.59 Å². The third kappa shape index (κ3) is 5.90. The van der Waals surface area contributed by atoms with Gasteiger partial charge in [-0.15, -0.1) is 0 Å². The van der Waals surface area contributed by atoms with Gasteiger partial charge in [-0.1, -0.05) is 0 Å². The second kappa shape index (κ2) is 7.84. The van der Waals surface area contributed by atoms with Crippen LogP contribution in [0.2, 0.25) is 0 Å². The van der Waals surface area contributed by atoms with Crippen LogP contribution in [-0.2, 0) is 4.79 Å². The van der Waals surface area contributed by atoms with E-state index in [9.17, 15) is 9.59 Å². The predicted molar refractivity (Wildman–Crippen MR) is 87.1 cm³/mol. The minimum atomic E-state index is -0.178. The highest BCUT2D eigenvalue weighted by Gasteiger charge is 2.11. The van der Waals surface area contributed by atoms with E-state index >= 15 is 0 Å². The molecule has 6 heteroatoms. The van der Waals surface area contributed by atoms with E-state index < -0.39 is 0 Å². The van der Waals surface area contributed by atoms with E-state index in [-0.39, 0.29) is 24.3 Å². The summed E-state index contributed by atoms with van der Waals surface area (Å²) in [5.41, 5.74) is 0.580. The van der Waals surface area contributed by atoms with E-state index in [4.69, 9.17) is 0 Å². The fourth-order valence-electron chi connectivity index (χ4n) is 1.45. The van der Waals surface area contributed by atoms with Crippen molar-refractivity contribution in [2.24, 2.45) is 0 Å². The van der Waals surface area contributed by atoms with Crippen molar-refractivity contribution in [2.45, 2.75) is 26.3 Å². The zero-order chi connectivity index (χ0) is 14.4. The van der Waals surface area contributed by atoms with Gasteiger partial charge in [0.25, 0.3) is 5.91 Å². The van der Waals surface area contributed by atoms with Crippen LogP contribution in [0.3, 0.4) is 0 Å². The number of hydrogen-bond acceptors (Lipinski definition) is 2. The summed E-state index contributed by atoms with van der Waals surface area (Å²) in [5.74, 6) is -0.236. The molecule has 1 aromatic rings. The van der Waals surface area contributed by atoms with Crippen molar-refractivity contribution in [1.29, 1.82) is 0 Å². The van der Waals surface area contributed by atoms with Crippen LogP contribution >= 0.6 is 38.5 Å². The maximum Gasteiger partial charge on any atom is 0.252 e. The largest absolute Gasteiger partial charge is 0.354 e. The van der Waals surface area contributed by atoms with Crippen LogP contribution in [0.4, 0.5) is 0 Å². The molecule has 0 heterocycles. The maximum atomic E-state index is 11.9. The Balaban J connectivity index is 2.48. The minimum Gasteiger partial charge on any atom is -0.354 e. The first-order valence-electron chi connectivity index (χ1n) is 5.92. The Kier molecular flexibility index (Phi) is 6.78. The van der Waals surface area contributed by atoms with Crippen molar-refractivity contribution in [2.75, 3.05) is 6.54 Å². The van der Waals surface area contributed by atoms with Crippen molar-refractivity contribution in [1.82, 2.24) is 10.6 Å². The first kappa shape index (κ1) is 16.4. The quantitative estimate of drug-likeness (QED) is 0.694. The Morgan fingerprint density at radius 3 is 2.68 bits per heavy atom. The molecule has 0 aromatic heterocycles. The van der Waals surface area contributed by atoms with Gasteiger partial charge in [0.2, 0.25) is 5.91 Å². The van der Waals surface area contributed by atoms with Crippen LogP contribution in [0.25, 0.3) is 0 Å². The summed E-state index contributed by atoms with van der Waals surface area (Å²) in [6.07, 6.45) is 0.283. The minimum absolute atomic E-state index is 0.0583. The van der Waals surface area contributed by atoms with E-state index in [1.54, 1.807) is 6.07 Å². The lowest BCUT2D eigenvalue weighted by Gasteiger charge is -2.09. The molecule has 0 aliphatic rings. The third-order valence-corrected chi connectivity index (χ3v) is 3.62. The van der Waals surface area contributed by atoms with E-state index in [0.29, 0.717) is 12.1 Å². The highest BCUT2D eigenvalue weighted by Crippen LogP contribution is 2.19. The van der Waals surface area contributed by atoms with Crippen LogP contribution < -0.4 is 10.6 Å². The molecule has 0 bridgehead atoms. The number of nitrogens with one attached hydrogen (secondary N) is 2. The summed E-state index contributed by atoms with van der Waals surface area (Å²) in [4.78, 5) is 23.4. The first-order valence-corrected chi connectivity index (χ1v) is 7.80. The summed E-state index contributed by atoms with van der Waals surface area (Å²) in [6.45, 7) is 4.13. The van der Waals surface area contributed by atoms with Crippen LogP contribution in [0.5, 0.6) is 0 Å². The Labute approximate surface area is 135 Å². The van der Waals surface area contributed by atoms with E-state index in [1.807, 2.05) is 26.0 Å². The molecule has 4 nitrogen and oxygen atoms in total. The average Bonchev–Trinajstić information content (AvgIpc) is 2.31. The second-order valence-corrected chi connectivity index (χ2v) is 6.45. The molecule has 0 atom stereocenters. The van der Waals surface area contributed by atoms with Crippen LogP contribution in [0.15, 0.2) is 22.7 Å². The summed E-state index contributed by atoms with van der Waals surface area (Å²) in [6, 6.07) is 5.67. The maximum absolute atomic E-state index is 11.9. The predicted octanol–water partition coefficient (Wildman–Crippen LogP) is 2.70. The number of carbonyl (C=O) groups excluding carboxylic acids is 2. The average molecular weight is 439 g/mol. The monoisotopic (exact) mass is 438 g/mol. The normalized spacial score (nSPS) is 10.4. The van der Waals surface area contributed by atoms with Crippen molar-refractivity contribution < 1.29 is 9.59 Å². The van der Waals surface area contributed by atoms with Crippen molar-refractivity contribution >= 4 is 50.3 Å². The van der Waals surface area contributed by atoms with Gasteiger partial charge in [-0.05, 0) is 70.6 Å². The van der Waals surface area contributed by atoms with Gasteiger partial charge in [-0.25, -0.2) is 0 Å². The highest BCUT2D eigenvalue weighted by molar-refractivity contribution is 14.1. The summed E-state index contributed by atoms with van der Waals surface area (Å²) in [7, 11) is 0. The fraction of sp³-hybridized carbons (Fsp3) is 0.385. The van der Waals surface area contributed by atoms with Gasteiger partial charge in [0.15, 0.2) is 0 Å². The zero-order valence-corrected chi connectivity index (χ0v) is 14.5. The highest BCUT2D eigenvalue weighted by atomic mass is 127. The summed E-state index contributed by atoms with van der Waals surface area (Å²) < 4.78 is 1.74. The molecule has 1 rings (SSSR count). The van der Waals surface area contributed by atoms with E-state index in [1.165, 1.54) is 0 Å². The molecule has 0 aliphatic carbocycles. The molecule has 19 heavy (non-hydrogen) atoms. The number of amides is 2. The Morgan fingerprint density at radius 1 is 1.37 bits per heavy atom. The topological polar surface area (TPSA) is 58.2 Å². The SMILES string of the molecule is CC(C)NC(=O)CCNC(=O)c1cc(I)ccc1Br. The summed E-state index contributed by atoms with van der Waals surface area (Å²) in [5, 5.41) is 5.51. The van der Waals surface area contributed by atoms with Crippen molar-refractivity contribution in [3.8, 4) is 0 Å². The zero-order valence-electron chi connectivity index (χ0n) is 10.8. The number of carbonyl (C=O) groups is 2. The molecule has 0 saturated heterocycles. The molecular formula is C13H16BrIN2O2. The molecule has 0 fully saturated rings. The molecule has 0 radical (unpaired) electrons. The molecule has 0 unspecified atom stereocenters. The number of benzene rings is 1. The van der Waals surface area contributed by atoms with Gasteiger partial charge >= 0.3 is 0 Å². The first-order chi connectivity index (χ1) is 8.90. The fourth-order valence-corrected chi connectivity index (χ4v) is 2.37. The van der Waals surface area contributed by atoms with Crippen LogP contribution in [0.1, 0.15) is 30.6 Å². The third-order valence-electron chi connectivity index (χ3n) is 2.26. The molecule has 104 valence electrons. The molecule has 1 aromatic carbocycles. The lowest BCUT2D eigenvalue weighted by molar-refractivity contribution is -0.121. The molecule has 2 N–H and O–H groups in total. The number of halogens is 2. The van der Waals surface area contributed by atoms with Gasteiger partial charge < -0.3 is 10.6 Å². The number of hydrogen-bond donors (Lipinski definition) is 2. The lowest BCUT2D eigenvalue weighted by atomic mass is 10.2. The lowest BCUT2D eigenvalue weighted by Crippen LogP contribution is -2.34. The smallest absolute Gasteiger partial charge is 0.252 e. The Hall–Kier alpha value is -0.630. The molecule has 2 amide bonds. The van der Waals surface area contributed by atoms with Gasteiger partial charge in [0.05, 0.1) is 5.56 Å². The standard InChI is InChI=1S/C13H16BrIN2O2/c1-8(2)17-12(18)5-6-16-13(19)10-7-9(15)3-4-11(10)14/h3-4,7-8H,5-6H2,1-2H3,(H,16,19)(H,17,18). The molecule has 0 aliphatic heterocycles.